The molecule has 0 spiro atoms. The molecule has 0 bridgehead atoms. The normalized spacial score (nSPS) is 10.2. The van der Waals surface area contributed by atoms with Crippen molar-refractivity contribution in [1.29, 1.82) is 0 Å². The second kappa shape index (κ2) is 17.1. The molecule has 0 unspecified atom stereocenters. The average Bonchev–Trinajstić information content (AvgIpc) is 2.26. The molecule has 0 fully saturated rings. The number of carbonyl (C=O) groups is 1. The van der Waals surface area contributed by atoms with E-state index in [1.165, 1.54) is 19.3 Å². The predicted octanol–water partition coefficient (Wildman–Crippen LogP) is 4.74. The summed E-state index contributed by atoms with van der Waals surface area (Å²) in [7, 11) is 0. The third kappa shape index (κ3) is 31.3. The van der Waals surface area contributed by atoms with Gasteiger partial charge in [-0.3, -0.25) is 4.79 Å². The quantitative estimate of drug-likeness (QED) is 0.490. The van der Waals surface area contributed by atoms with Gasteiger partial charge in [0, 0.05) is 6.92 Å². The monoisotopic (exact) mass is 238 g/mol. The van der Waals surface area contributed by atoms with Crippen molar-refractivity contribution < 1.29 is 9.90 Å². The van der Waals surface area contributed by atoms with Crippen LogP contribution in [0.15, 0.2) is 37.0 Å². The molecule has 2 heteroatoms. The lowest BCUT2D eigenvalue weighted by atomic mass is 10.2. The molecule has 0 heterocycles. The maximum absolute atomic E-state index is 9.00. The van der Waals surface area contributed by atoms with Crippen molar-refractivity contribution in [3.05, 3.63) is 37.0 Å². The Balaban J connectivity index is 0. The van der Waals surface area contributed by atoms with Gasteiger partial charge in [0.25, 0.3) is 5.97 Å². The van der Waals surface area contributed by atoms with Crippen molar-refractivity contribution in [2.24, 2.45) is 0 Å². The van der Waals surface area contributed by atoms with Gasteiger partial charge in [-0.05, 0) is 38.5 Å². The lowest BCUT2D eigenvalue weighted by molar-refractivity contribution is -0.134. The number of hydrogen-bond acceptors (Lipinski definition) is 1. The SMILES string of the molecule is C=CCCCCC=CCC=CCC.CC(=O)O. The van der Waals surface area contributed by atoms with Crippen LogP contribution < -0.4 is 0 Å². The van der Waals surface area contributed by atoms with Crippen molar-refractivity contribution in [3.8, 4) is 0 Å². The van der Waals surface area contributed by atoms with E-state index < -0.39 is 5.97 Å². The highest BCUT2D eigenvalue weighted by atomic mass is 16.4. The van der Waals surface area contributed by atoms with E-state index in [9.17, 15) is 0 Å². The van der Waals surface area contributed by atoms with Gasteiger partial charge < -0.3 is 5.11 Å². The lowest BCUT2D eigenvalue weighted by Crippen LogP contribution is -1.78. The molecular formula is C15H26O2. The van der Waals surface area contributed by atoms with Gasteiger partial charge in [-0.1, -0.05) is 37.3 Å². The number of hydrogen-bond donors (Lipinski definition) is 1. The zero-order valence-corrected chi connectivity index (χ0v) is 11.2. The topological polar surface area (TPSA) is 37.3 Å². The molecule has 98 valence electrons. The number of allylic oxidation sites excluding steroid dienone is 5. The third-order valence-electron chi connectivity index (χ3n) is 1.87. The molecule has 0 atom stereocenters. The molecule has 0 amide bonds. The molecule has 0 aromatic heterocycles. The Labute approximate surface area is 106 Å². The highest BCUT2D eigenvalue weighted by molar-refractivity contribution is 5.62. The lowest BCUT2D eigenvalue weighted by Gasteiger charge is -1.91. The van der Waals surface area contributed by atoms with E-state index >= 15 is 0 Å². The van der Waals surface area contributed by atoms with Crippen LogP contribution in [-0.4, -0.2) is 11.1 Å². The van der Waals surface area contributed by atoms with Gasteiger partial charge in [-0.2, -0.15) is 0 Å². The summed E-state index contributed by atoms with van der Waals surface area (Å²) in [6.45, 7) is 6.95. The summed E-state index contributed by atoms with van der Waals surface area (Å²) in [6.07, 6.45) is 18.1. The molecule has 17 heavy (non-hydrogen) atoms. The van der Waals surface area contributed by atoms with Gasteiger partial charge >= 0.3 is 0 Å². The Morgan fingerprint density at radius 2 is 1.65 bits per heavy atom. The molecule has 0 aliphatic rings. The number of carboxylic acid groups (broad SMARTS) is 1. The Morgan fingerprint density at radius 3 is 2.18 bits per heavy atom. The largest absolute Gasteiger partial charge is 0.481 e. The van der Waals surface area contributed by atoms with Crippen LogP contribution in [0.3, 0.4) is 0 Å². The van der Waals surface area contributed by atoms with E-state index in [2.05, 4.69) is 37.8 Å². The zero-order valence-electron chi connectivity index (χ0n) is 11.2. The van der Waals surface area contributed by atoms with Crippen molar-refractivity contribution in [2.45, 2.75) is 52.4 Å². The van der Waals surface area contributed by atoms with Crippen LogP contribution in [-0.2, 0) is 4.79 Å². The first-order valence-electron chi connectivity index (χ1n) is 6.25. The van der Waals surface area contributed by atoms with Crippen LogP contribution in [0.25, 0.3) is 0 Å². The highest BCUT2D eigenvalue weighted by Gasteiger charge is 1.81. The summed E-state index contributed by atoms with van der Waals surface area (Å²) < 4.78 is 0. The summed E-state index contributed by atoms with van der Waals surface area (Å²) in [5.74, 6) is -0.833. The second-order valence-electron chi connectivity index (χ2n) is 3.68. The fourth-order valence-electron chi connectivity index (χ4n) is 1.11. The molecule has 0 saturated carbocycles. The van der Waals surface area contributed by atoms with Gasteiger partial charge in [0.05, 0.1) is 0 Å². The number of unbranched alkanes of at least 4 members (excludes halogenated alkanes) is 3. The van der Waals surface area contributed by atoms with Crippen LogP contribution >= 0.6 is 0 Å². The average molecular weight is 238 g/mol. The number of carboxylic acids is 1. The molecule has 0 aliphatic heterocycles. The van der Waals surface area contributed by atoms with E-state index in [0.717, 1.165) is 26.2 Å². The van der Waals surface area contributed by atoms with E-state index in [1.807, 2.05) is 6.08 Å². The Hall–Kier alpha value is -1.31. The Kier molecular flexibility index (Phi) is 18.2. The van der Waals surface area contributed by atoms with Gasteiger partial charge in [0.2, 0.25) is 0 Å². The summed E-state index contributed by atoms with van der Waals surface area (Å²) >= 11 is 0. The Morgan fingerprint density at radius 1 is 1.12 bits per heavy atom. The number of rotatable bonds is 8. The molecule has 0 aromatic carbocycles. The summed E-state index contributed by atoms with van der Waals surface area (Å²) in [6, 6.07) is 0. The minimum absolute atomic E-state index is 0.833. The smallest absolute Gasteiger partial charge is 0.300 e. The van der Waals surface area contributed by atoms with E-state index in [1.54, 1.807) is 0 Å². The van der Waals surface area contributed by atoms with Gasteiger partial charge in [-0.15, -0.1) is 6.58 Å². The third-order valence-corrected chi connectivity index (χ3v) is 1.87. The zero-order chi connectivity index (χ0) is 13.4. The van der Waals surface area contributed by atoms with Crippen molar-refractivity contribution >= 4 is 5.97 Å². The van der Waals surface area contributed by atoms with E-state index in [4.69, 9.17) is 9.90 Å². The van der Waals surface area contributed by atoms with Crippen molar-refractivity contribution in [3.63, 3.8) is 0 Å². The van der Waals surface area contributed by atoms with E-state index in [0.29, 0.717) is 0 Å². The van der Waals surface area contributed by atoms with Crippen LogP contribution in [0.1, 0.15) is 52.4 Å². The fraction of sp³-hybridized carbons (Fsp3) is 0.533. The Bertz CT molecular complexity index is 223. The van der Waals surface area contributed by atoms with Gasteiger partial charge in [0.1, 0.15) is 0 Å². The van der Waals surface area contributed by atoms with Gasteiger partial charge in [0.15, 0.2) is 0 Å². The fourth-order valence-corrected chi connectivity index (χ4v) is 1.11. The van der Waals surface area contributed by atoms with Crippen LogP contribution in [0.4, 0.5) is 0 Å². The second-order valence-corrected chi connectivity index (χ2v) is 3.68. The minimum atomic E-state index is -0.833. The first-order valence-corrected chi connectivity index (χ1v) is 6.25. The van der Waals surface area contributed by atoms with Crippen LogP contribution in [0.5, 0.6) is 0 Å². The first-order chi connectivity index (χ1) is 8.15. The van der Waals surface area contributed by atoms with E-state index in [-0.39, 0.29) is 0 Å². The molecule has 1 N–H and O–H groups in total. The summed E-state index contributed by atoms with van der Waals surface area (Å²) in [5, 5.41) is 7.42. The van der Waals surface area contributed by atoms with Gasteiger partial charge in [-0.25, -0.2) is 0 Å². The molecule has 0 saturated heterocycles. The molecule has 0 radical (unpaired) electrons. The molecule has 0 aliphatic carbocycles. The molecule has 0 rings (SSSR count). The van der Waals surface area contributed by atoms with Crippen molar-refractivity contribution in [1.82, 2.24) is 0 Å². The minimum Gasteiger partial charge on any atom is -0.481 e. The maximum Gasteiger partial charge on any atom is 0.300 e. The van der Waals surface area contributed by atoms with Crippen LogP contribution in [0, 0.1) is 0 Å². The maximum atomic E-state index is 9.00. The molecular weight excluding hydrogens is 212 g/mol. The summed E-state index contributed by atoms with van der Waals surface area (Å²) in [4.78, 5) is 9.00. The molecule has 0 aromatic rings. The predicted molar refractivity (Wildman–Crippen MR) is 75.2 cm³/mol. The summed E-state index contributed by atoms with van der Waals surface area (Å²) in [5.41, 5.74) is 0. The number of aliphatic carboxylic acids is 1. The van der Waals surface area contributed by atoms with Crippen LogP contribution in [0.2, 0.25) is 0 Å². The molecule has 2 nitrogen and oxygen atoms in total. The highest BCUT2D eigenvalue weighted by Crippen LogP contribution is 2.01. The standard InChI is InChI=1S/C13H22.C2H4O2/c1-3-5-7-9-11-13-12-10-8-6-4-2;1-2(3)4/h3,6,8,12-13H,1,4-5,7,9-11H2,2H3;1H3,(H,3,4). The first kappa shape index (κ1) is 18.1. The van der Waals surface area contributed by atoms with Crippen molar-refractivity contribution in [2.75, 3.05) is 0 Å².